The molecule has 5 nitrogen and oxygen atoms in total. The lowest BCUT2D eigenvalue weighted by Gasteiger charge is -2.08. The zero-order chi connectivity index (χ0) is 15.0. The van der Waals surface area contributed by atoms with E-state index in [0.717, 1.165) is 25.3 Å². The average Bonchev–Trinajstić information content (AvgIpc) is 2.43. The molecular formula is C13H21FN2O3S. The first kappa shape index (κ1) is 17.0. The molecule has 0 unspecified atom stereocenters. The summed E-state index contributed by atoms with van der Waals surface area (Å²) in [5.74, 6) is -0.494. The van der Waals surface area contributed by atoms with Crippen molar-refractivity contribution >= 4 is 10.0 Å². The fourth-order valence-electron chi connectivity index (χ4n) is 1.71. The van der Waals surface area contributed by atoms with Gasteiger partial charge in [-0.25, -0.2) is 17.5 Å². The van der Waals surface area contributed by atoms with Gasteiger partial charge in [0.1, 0.15) is 5.82 Å². The number of halogens is 1. The van der Waals surface area contributed by atoms with Crippen LogP contribution in [0.3, 0.4) is 0 Å². The predicted octanol–water partition coefficient (Wildman–Crippen LogP) is 1.38. The maximum Gasteiger partial charge on any atom is 0.240 e. The van der Waals surface area contributed by atoms with E-state index in [1.807, 2.05) is 0 Å². The van der Waals surface area contributed by atoms with Gasteiger partial charge < -0.3 is 10.5 Å². The Bertz CT molecular complexity index is 520. The van der Waals surface area contributed by atoms with Gasteiger partial charge in [0.05, 0.1) is 4.90 Å². The summed E-state index contributed by atoms with van der Waals surface area (Å²) in [5.41, 5.74) is 5.55. The third kappa shape index (κ3) is 5.16. The molecule has 7 heteroatoms. The van der Waals surface area contributed by atoms with Crippen molar-refractivity contribution in [3.8, 4) is 0 Å². The molecule has 0 saturated heterocycles. The Balaban J connectivity index is 2.56. The lowest BCUT2D eigenvalue weighted by Crippen LogP contribution is -2.25. The quantitative estimate of drug-likeness (QED) is 0.675. The van der Waals surface area contributed by atoms with Crippen molar-refractivity contribution in [1.82, 2.24) is 4.72 Å². The van der Waals surface area contributed by atoms with Gasteiger partial charge in [0.15, 0.2) is 0 Å². The van der Waals surface area contributed by atoms with Gasteiger partial charge >= 0.3 is 0 Å². The molecule has 0 aliphatic rings. The summed E-state index contributed by atoms with van der Waals surface area (Å²) in [4.78, 5) is 0.0382. The van der Waals surface area contributed by atoms with Crippen molar-refractivity contribution < 1.29 is 17.5 Å². The highest BCUT2D eigenvalue weighted by Crippen LogP contribution is 2.14. The number of hydrogen-bond donors (Lipinski definition) is 2. The van der Waals surface area contributed by atoms with Crippen LogP contribution >= 0.6 is 0 Å². The molecule has 0 saturated carbocycles. The topological polar surface area (TPSA) is 81.4 Å². The van der Waals surface area contributed by atoms with Crippen molar-refractivity contribution in [1.29, 1.82) is 0 Å². The lowest BCUT2D eigenvalue weighted by molar-refractivity contribution is 0.192. The third-order valence-electron chi connectivity index (χ3n) is 2.86. The molecule has 1 rings (SSSR count). The summed E-state index contributed by atoms with van der Waals surface area (Å²) in [5, 5.41) is 0. The largest absolute Gasteiger partial charge is 0.385 e. The number of ether oxygens (including phenoxy) is 1. The Morgan fingerprint density at radius 2 is 2.05 bits per heavy atom. The van der Waals surface area contributed by atoms with E-state index in [1.165, 1.54) is 12.1 Å². The summed E-state index contributed by atoms with van der Waals surface area (Å²) in [6.07, 6.45) is 2.51. The second kappa shape index (κ2) is 8.31. The van der Waals surface area contributed by atoms with Crippen LogP contribution in [0.1, 0.15) is 24.8 Å². The highest BCUT2D eigenvalue weighted by molar-refractivity contribution is 7.89. The van der Waals surface area contributed by atoms with Gasteiger partial charge in [-0.1, -0.05) is 0 Å². The molecule has 0 spiro atoms. The molecular weight excluding hydrogens is 283 g/mol. The van der Waals surface area contributed by atoms with Crippen LogP contribution in [0, 0.1) is 5.82 Å². The van der Waals surface area contributed by atoms with Crippen LogP contribution < -0.4 is 10.5 Å². The fraction of sp³-hybridized carbons (Fsp3) is 0.538. The maximum atomic E-state index is 13.3. The first-order valence-corrected chi connectivity index (χ1v) is 7.96. The standard InChI is InChI=1S/C13H21FN2O3S/c1-19-8-4-2-3-7-16-20(17,18)12-5-6-13(14)11(9-12)10-15/h5-6,9,16H,2-4,7-8,10,15H2,1H3. The van der Waals surface area contributed by atoms with Gasteiger partial charge in [-0.2, -0.15) is 0 Å². The minimum Gasteiger partial charge on any atom is -0.385 e. The zero-order valence-electron chi connectivity index (χ0n) is 11.6. The number of benzene rings is 1. The van der Waals surface area contributed by atoms with E-state index in [2.05, 4.69) is 4.72 Å². The van der Waals surface area contributed by atoms with Crippen LogP contribution in [-0.2, 0) is 21.3 Å². The van der Waals surface area contributed by atoms with E-state index in [-0.39, 0.29) is 17.0 Å². The monoisotopic (exact) mass is 304 g/mol. The predicted molar refractivity (Wildman–Crippen MR) is 75.2 cm³/mol. The van der Waals surface area contributed by atoms with Crippen LogP contribution in [-0.4, -0.2) is 28.7 Å². The molecule has 0 aliphatic heterocycles. The molecule has 0 atom stereocenters. The van der Waals surface area contributed by atoms with Gasteiger partial charge in [-0.3, -0.25) is 0 Å². The van der Waals surface area contributed by atoms with Crippen LogP contribution in [0.5, 0.6) is 0 Å². The first-order chi connectivity index (χ1) is 9.51. The summed E-state index contributed by atoms with van der Waals surface area (Å²) in [6, 6.07) is 3.62. The van der Waals surface area contributed by atoms with Crippen LogP contribution in [0.15, 0.2) is 23.1 Å². The molecule has 114 valence electrons. The minimum atomic E-state index is -3.61. The molecule has 0 fully saturated rings. The number of sulfonamides is 1. The summed E-state index contributed by atoms with van der Waals surface area (Å²) in [7, 11) is -1.97. The van der Waals surface area contributed by atoms with E-state index < -0.39 is 15.8 Å². The highest BCUT2D eigenvalue weighted by atomic mass is 32.2. The van der Waals surface area contributed by atoms with Gasteiger partial charge in [-0.15, -0.1) is 0 Å². The van der Waals surface area contributed by atoms with Gasteiger partial charge in [0, 0.05) is 32.4 Å². The van der Waals surface area contributed by atoms with Crippen molar-refractivity contribution in [2.24, 2.45) is 5.73 Å². The Morgan fingerprint density at radius 3 is 2.70 bits per heavy atom. The molecule has 0 bridgehead atoms. The Labute approximate surface area is 119 Å². The molecule has 20 heavy (non-hydrogen) atoms. The van der Waals surface area contributed by atoms with E-state index in [1.54, 1.807) is 7.11 Å². The molecule has 1 aromatic rings. The first-order valence-electron chi connectivity index (χ1n) is 6.48. The Hall–Kier alpha value is -1.02. The molecule has 0 aromatic heterocycles. The third-order valence-corrected chi connectivity index (χ3v) is 4.32. The van der Waals surface area contributed by atoms with Crippen molar-refractivity contribution in [2.75, 3.05) is 20.3 Å². The van der Waals surface area contributed by atoms with Crippen molar-refractivity contribution in [2.45, 2.75) is 30.7 Å². The second-order valence-electron chi connectivity index (χ2n) is 4.41. The summed E-state index contributed by atoms with van der Waals surface area (Å²) >= 11 is 0. The Morgan fingerprint density at radius 1 is 1.30 bits per heavy atom. The molecule has 0 aliphatic carbocycles. The van der Waals surface area contributed by atoms with Crippen LogP contribution in [0.4, 0.5) is 4.39 Å². The molecule has 0 amide bonds. The fourth-order valence-corrected chi connectivity index (χ4v) is 2.84. The molecule has 0 heterocycles. The summed E-state index contributed by atoms with van der Waals surface area (Å²) < 4.78 is 44.7. The number of rotatable bonds is 9. The SMILES string of the molecule is COCCCCCNS(=O)(=O)c1ccc(F)c(CN)c1. The van der Waals surface area contributed by atoms with Gasteiger partial charge in [-0.05, 0) is 37.5 Å². The Kier molecular flexibility index (Phi) is 7.08. The van der Waals surface area contributed by atoms with Crippen molar-refractivity contribution in [3.05, 3.63) is 29.6 Å². The van der Waals surface area contributed by atoms with Gasteiger partial charge in [0.2, 0.25) is 10.0 Å². The normalized spacial score (nSPS) is 11.8. The smallest absolute Gasteiger partial charge is 0.240 e. The maximum absolute atomic E-state index is 13.3. The second-order valence-corrected chi connectivity index (χ2v) is 6.18. The summed E-state index contributed by atoms with van der Waals surface area (Å²) in [6.45, 7) is 0.984. The number of methoxy groups -OCH3 is 1. The molecule has 1 aromatic carbocycles. The van der Waals surface area contributed by atoms with Crippen molar-refractivity contribution in [3.63, 3.8) is 0 Å². The molecule has 3 N–H and O–H groups in total. The number of nitrogens with two attached hydrogens (primary N) is 1. The van der Waals surface area contributed by atoms with Crippen LogP contribution in [0.25, 0.3) is 0 Å². The van der Waals surface area contributed by atoms with E-state index in [0.29, 0.717) is 13.2 Å². The van der Waals surface area contributed by atoms with E-state index >= 15 is 0 Å². The number of unbranched alkanes of at least 4 members (excludes halogenated alkanes) is 2. The lowest BCUT2D eigenvalue weighted by atomic mass is 10.2. The van der Waals surface area contributed by atoms with Gasteiger partial charge in [0.25, 0.3) is 0 Å². The average molecular weight is 304 g/mol. The van der Waals surface area contributed by atoms with Crippen LogP contribution in [0.2, 0.25) is 0 Å². The van der Waals surface area contributed by atoms with E-state index in [4.69, 9.17) is 10.5 Å². The number of nitrogens with one attached hydrogen (secondary N) is 1. The van der Waals surface area contributed by atoms with E-state index in [9.17, 15) is 12.8 Å². The minimum absolute atomic E-state index is 0.0355. The highest BCUT2D eigenvalue weighted by Gasteiger charge is 2.15. The number of hydrogen-bond acceptors (Lipinski definition) is 4. The molecule has 0 radical (unpaired) electrons. The zero-order valence-corrected chi connectivity index (χ0v) is 12.4.